The smallest absolute Gasteiger partial charge is 0.157 e. The SMILES string of the molecule is CCCCCCCCc1cccc(C=CCCCOC2CCCCO2)c1. The van der Waals surface area contributed by atoms with Gasteiger partial charge in [0, 0.05) is 6.61 Å². The highest BCUT2D eigenvalue weighted by Crippen LogP contribution is 2.15. The molecule has 1 aromatic carbocycles. The summed E-state index contributed by atoms with van der Waals surface area (Å²) in [6.45, 7) is 3.93. The van der Waals surface area contributed by atoms with Crippen LogP contribution in [0.2, 0.25) is 0 Å². The Hall–Kier alpha value is -1.12. The monoisotopic (exact) mass is 358 g/mol. The fraction of sp³-hybridized carbons (Fsp3) is 0.667. The van der Waals surface area contributed by atoms with Crippen molar-refractivity contribution in [2.45, 2.75) is 90.3 Å². The standard InChI is InChI=1S/C24H38O2/c1-2-3-4-5-6-8-14-22-16-13-17-23(21-22)15-9-7-11-19-25-24-18-10-12-20-26-24/h9,13,15-17,21,24H,2-8,10-12,14,18-20H2,1H3. The summed E-state index contributed by atoms with van der Waals surface area (Å²) in [6.07, 6.45) is 19.6. The van der Waals surface area contributed by atoms with Gasteiger partial charge in [-0.1, -0.05) is 75.4 Å². The van der Waals surface area contributed by atoms with Crippen molar-refractivity contribution >= 4 is 6.08 Å². The number of benzene rings is 1. The van der Waals surface area contributed by atoms with Gasteiger partial charge >= 0.3 is 0 Å². The highest BCUT2D eigenvalue weighted by Gasteiger charge is 2.12. The lowest BCUT2D eigenvalue weighted by Crippen LogP contribution is -2.22. The zero-order chi connectivity index (χ0) is 18.3. The van der Waals surface area contributed by atoms with Crippen molar-refractivity contribution in [1.82, 2.24) is 0 Å². The van der Waals surface area contributed by atoms with Crippen LogP contribution in [0.1, 0.15) is 88.7 Å². The number of hydrogen-bond donors (Lipinski definition) is 0. The van der Waals surface area contributed by atoms with E-state index >= 15 is 0 Å². The molecule has 1 heterocycles. The highest BCUT2D eigenvalue weighted by molar-refractivity contribution is 5.50. The molecule has 2 rings (SSSR count). The topological polar surface area (TPSA) is 18.5 Å². The summed E-state index contributed by atoms with van der Waals surface area (Å²) in [4.78, 5) is 0. The molecule has 1 saturated heterocycles. The fourth-order valence-corrected chi connectivity index (χ4v) is 3.44. The predicted octanol–water partition coefficient (Wildman–Crippen LogP) is 6.93. The van der Waals surface area contributed by atoms with Crippen LogP contribution >= 0.6 is 0 Å². The van der Waals surface area contributed by atoms with E-state index in [9.17, 15) is 0 Å². The lowest BCUT2D eigenvalue weighted by Gasteiger charge is -2.22. The summed E-state index contributed by atoms with van der Waals surface area (Å²) in [5.74, 6) is 0. The maximum atomic E-state index is 5.78. The van der Waals surface area contributed by atoms with Crippen LogP contribution < -0.4 is 0 Å². The van der Waals surface area contributed by atoms with Gasteiger partial charge in [-0.3, -0.25) is 0 Å². The van der Waals surface area contributed by atoms with Crippen LogP contribution in [-0.2, 0) is 15.9 Å². The molecule has 0 aliphatic carbocycles. The molecule has 1 atom stereocenters. The normalized spacial score (nSPS) is 17.8. The van der Waals surface area contributed by atoms with E-state index in [-0.39, 0.29) is 6.29 Å². The zero-order valence-corrected chi connectivity index (χ0v) is 16.8. The van der Waals surface area contributed by atoms with Crippen LogP contribution in [0.5, 0.6) is 0 Å². The molecule has 0 bridgehead atoms. The summed E-state index contributed by atoms with van der Waals surface area (Å²) >= 11 is 0. The van der Waals surface area contributed by atoms with Gasteiger partial charge in [0.25, 0.3) is 0 Å². The summed E-state index contributed by atoms with van der Waals surface area (Å²) < 4.78 is 11.4. The van der Waals surface area contributed by atoms with Gasteiger partial charge in [0.15, 0.2) is 6.29 Å². The van der Waals surface area contributed by atoms with E-state index in [0.29, 0.717) is 0 Å². The van der Waals surface area contributed by atoms with Crippen molar-refractivity contribution in [1.29, 1.82) is 0 Å². The predicted molar refractivity (Wildman–Crippen MR) is 111 cm³/mol. The summed E-state index contributed by atoms with van der Waals surface area (Å²) in [5.41, 5.74) is 2.80. The van der Waals surface area contributed by atoms with E-state index < -0.39 is 0 Å². The van der Waals surface area contributed by atoms with Crippen molar-refractivity contribution < 1.29 is 9.47 Å². The number of aryl methyl sites for hydroxylation is 1. The molecule has 146 valence electrons. The minimum atomic E-state index is 0.0476. The summed E-state index contributed by atoms with van der Waals surface area (Å²) in [6, 6.07) is 9.00. The Morgan fingerprint density at radius 1 is 1.08 bits per heavy atom. The highest BCUT2D eigenvalue weighted by atomic mass is 16.7. The first-order valence-electron chi connectivity index (χ1n) is 10.9. The average Bonchev–Trinajstić information content (AvgIpc) is 2.68. The maximum Gasteiger partial charge on any atom is 0.157 e. The summed E-state index contributed by atoms with van der Waals surface area (Å²) in [5, 5.41) is 0. The third kappa shape index (κ3) is 9.54. The van der Waals surface area contributed by atoms with E-state index in [0.717, 1.165) is 32.5 Å². The first kappa shape index (κ1) is 21.2. The average molecular weight is 359 g/mol. The molecular formula is C24H38O2. The molecule has 1 unspecified atom stereocenters. The van der Waals surface area contributed by atoms with Crippen molar-refractivity contribution in [2.24, 2.45) is 0 Å². The van der Waals surface area contributed by atoms with Crippen LogP contribution in [-0.4, -0.2) is 19.5 Å². The first-order chi connectivity index (χ1) is 12.9. The van der Waals surface area contributed by atoms with Gasteiger partial charge in [-0.2, -0.15) is 0 Å². The molecule has 1 fully saturated rings. The molecule has 0 N–H and O–H groups in total. The van der Waals surface area contributed by atoms with Gasteiger partial charge in [-0.15, -0.1) is 0 Å². The molecular weight excluding hydrogens is 320 g/mol. The molecule has 2 nitrogen and oxygen atoms in total. The molecule has 1 aromatic rings. The van der Waals surface area contributed by atoms with Gasteiger partial charge < -0.3 is 9.47 Å². The number of ether oxygens (including phenoxy) is 2. The van der Waals surface area contributed by atoms with Crippen LogP contribution in [0.4, 0.5) is 0 Å². The van der Waals surface area contributed by atoms with Gasteiger partial charge in [-0.25, -0.2) is 0 Å². The molecule has 26 heavy (non-hydrogen) atoms. The van der Waals surface area contributed by atoms with E-state index in [2.05, 4.69) is 43.3 Å². The first-order valence-corrected chi connectivity index (χ1v) is 10.9. The Labute approximate surface area is 161 Å². The van der Waals surface area contributed by atoms with Gasteiger partial charge in [-0.05, 0) is 56.1 Å². The van der Waals surface area contributed by atoms with Crippen molar-refractivity contribution in [2.75, 3.05) is 13.2 Å². The second-order valence-electron chi connectivity index (χ2n) is 7.47. The second-order valence-corrected chi connectivity index (χ2v) is 7.47. The van der Waals surface area contributed by atoms with Crippen LogP contribution in [0.15, 0.2) is 30.3 Å². The van der Waals surface area contributed by atoms with E-state index in [1.807, 2.05) is 0 Å². The molecule has 2 heteroatoms. The third-order valence-electron chi connectivity index (χ3n) is 5.04. The van der Waals surface area contributed by atoms with Crippen molar-refractivity contribution in [3.8, 4) is 0 Å². The number of unbranched alkanes of at least 4 members (excludes halogenated alkanes) is 6. The number of rotatable bonds is 13. The van der Waals surface area contributed by atoms with Gasteiger partial charge in [0.1, 0.15) is 0 Å². The Morgan fingerprint density at radius 3 is 2.81 bits per heavy atom. The molecule has 0 saturated carbocycles. The molecule has 1 aliphatic heterocycles. The molecule has 0 radical (unpaired) electrons. The van der Waals surface area contributed by atoms with Crippen molar-refractivity contribution in [3.05, 3.63) is 41.5 Å². The van der Waals surface area contributed by atoms with E-state index in [1.165, 1.54) is 68.9 Å². The fourth-order valence-electron chi connectivity index (χ4n) is 3.44. The largest absolute Gasteiger partial charge is 0.353 e. The Morgan fingerprint density at radius 2 is 1.96 bits per heavy atom. The Kier molecular flexibility index (Phi) is 11.4. The minimum absolute atomic E-state index is 0.0476. The summed E-state index contributed by atoms with van der Waals surface area (Å²) in [7, 11) is 0. The lowest BCUT2D eigenvalue weighted by molar-refractivity contribution is -0.162. The van der Waals surface area contributed by atoms with Crippen LogP contribution in [0, 0.1) is 0 Å². The maximum absolute atomic E-state index is 5.78. The van der Waals surface area contributed by atoms with Gasteiger partial charge in [0.05, 0.1) is 6.61 Å². The Bertz CT molecular complexity index is 489. The van der Waals surface area contributed by atoms with E-state index in [1.54, 1.807) is 0 Å². The van der Waals surface area contributed by atoms with Crippen LogP contribution in [0.3, 0.4) is 0 Å². The number of allylic oxidation sites excluding steroid dienone is 1. The zero-order valence-electron chi connectivity index (χ0n) is 16.8. The van der Waals surface area contributed by atoms with Gasteiger partial charge in [0.2, 0.25) is 0 Å². The molecule has 1 aliphatic rings. The third-order valence-corrected chi connectivity index (χ3v) is 5.04. The number of hydrogen-bond acceptors (Lipinski definition) is 2. The molecule has 0 aromatic heterocycles. The lowest BCUT2D eigenvalue weighted by atomic mass is 10.0. The van der Waals surface area contributed by atoms with Crippen LogP contribution in [0.25, 0.3) is 6.08 Å². The quantitative estimate of drug-likeness (QED) is 0.356. The Balaban J connectivity index is 1.57. The second kappa shape index (κ2) is 14.0. The molecule has 0 spiro atoms. The van der Waals surface area contributed by atoms with E-state index in [4.69, 9.17) is 9.47 Å². The minimum Gasteiger partial charge on any atom is -0.353 e. The van der Waals surface area contributed by atoms with Crippen molar-refractivity contribution in [3.63, 3.8) is 0 Å². The molecule has 0 amide bonds.